The molecule has 2 heterocycles. The Morgan fingerprint density at radius 1 is 1.33 bits per heavy atom. The molecule has 0 spiro atoms. The van der Waals surface area contributed by atoms with Gasteiger partial charge in [0.25, 0.3) is 5.56 Å². The maximum atomic E-state index is 11.5. The lowest BCUT2D eigenvalue weighted by Gasteiger charge is -2.14. The van der Waals surface area contributed by atoms with Crippen molar-refractivity contribution in [2.75, 3.05) is 6.61 Å². The molecule has 1 aromatic rings. The van der Waals surface area contributed by atoms with E-state index in [-0.39, 0.29) is 6.61 Å². The zero-order valence-corrected chi connectivity index (χ0v) is 11.8. The first kappa shape index (κ1) is 17.5. The van der Waals surface area contributed by atoms with E-state index in [1.54, 1.807) is 19.1 Å². The summed E-state index contributed by atoms with van der Waals surface area (Å²) in [4.78, 5) is 46.4. The van der Waals surface area contributed by atoms with Crippen LogP contribution in [0.4, 0.5) is 0 Å². The van der Waals surface area contributed by atoms with Crippen molar-refractivity contribution in [1.82, 2.24) is 9.55 Å². The first-order valence-electron chi connectivity index (χ1n) is 5.67. The van der Waals surface area contributed by atoms with Crippen LogP contribution in [0.1, 0.15) is 11.8 Å². The largest absolute Gasteiger partial charge is 0.466 e. The molecule has 0 bridgehead atoms. The van der Waals surface area contributed by atoms with E-state index >= 15 is 0 Å². The van der Waals surface area contributed by atoms with E-state index in [9.17, 15) is 9.59 Å². The van der Waals surface area contributed by atoms with Gasteiger partial charge in [-0.2, -0.15) is 0 Å². The topological polar surface area (TPSA) is 162 Å². The van der Waals surface area contributed by atoms with E-state index in [2.05, 4.69) is 4.98 Å². The Kier molecular flexibility index (Phi) is 5.78. The average molecular weight is 322 g/mol. The highest BCUT2D eigenvalue weighted by Crippen LogP contribution is 2.25. The molecular formula is C10H15N2O8P. The first-order chi connectivity index (χ1) is 9.61. The number of aliphatic hydroxyl groups excluding tert-OH is 1. The van der Waals surface area contributed by atoms with E-state index in [0.717, 1.165) is 0 Å². The molecule has 0 unspecified atom stereocenters. The van der Waals surface area contributed by atoms with Crippen molar-refractivity contribution in [2.24, 2.45) is 0 Å². The highest BCUT2D eigenvalue weighted by Gasteiger charge is 2.20. The van der Waals surface area contributed by atoms with E-state index in [1.165, 1.54) is 10.8 Å². The normalized spacial score (nSPS) is 21.0. The summed E-state index contributed by atoms with van der Waals surface area (Å²) in [5.41, 5.74) is -0.491. The summed E-state index contributed by atoms with van der Waals surface area (Å²) in [6.45, 7) is 1.47. The number of rotatable bonds is 2. The Balaban J connectivity index is 0.000000383. The summed E-state index contributed by atoms with van der Waals surface area (Å²) in [7, 11) is -4.64. The molecule has 11 heteroatoms. The molecule has 2 atom stereocenters. The van der Waals surface area contributed by atoms with Gasteiger partial charge in [-0.1, -0.05) is 6.08 Å². The van der Waals surface area contributed by atoms with Crippen molar-refractivity contribution in [1.29, 1.82) is 0 Å². The predicted octanol–water partition coefficient (Wildman–Crippen LogP) is -1.64. The second-order valence-electron chi connectivity index (χ2n) is 4.12. The fourth-order valence-corrected chi connectivity index (χ4v) is 1.53. The molecule has 1 aromatic heterocycles. The van der Waals surface area contributed by atoms with Gasteiger partial charge in [0.15, 0.2) is 6.23 Å². The number of hydrogen-bond acceptors (Lipinski definition) is 5. The third-order valence-electron chi connectivity index (χ3n) is 2.40. The third kappa shape index (κ3) is 5.76. The van der Waals surface area contributed by atoms with Crippen LogP contribution in [0.5, 0.6) is 0 Å². The standard InChI is InChI=1S/C10H12N2O4.H3O4P/c1-6-4-12(10(15)11-9(6)14)8-3-2-7(5-13)16-8;1-5(2,3)4/h2-4,7-8,13H,5H2,1H3,(H,11,14,15);(H3,1,2,3,4)/t7-,8+;/m0./s1. The highest BCUT2D eigenvalue weighted by molar-refractivity contribution is 7.45. The SMILES string of the molecule is Cc1cn([C@H]2C=C[C@@H](CO)O2)c(=O)[nH]c1=O.O=P(O)(O)O. The van der Waals surface area contributed by atoms with Crippen LogP contribution in [-0.2, 0) is 9.30 Å². The molecule has 0 amide bonds. The van der Waals surface area contributed by atoms with E-state index < -0.39 is 31.4 Å². The molecule has 0 radical (unpaired) electrons. The molecule has 5 N–H and O–H groups in total. The van der Waals surface area contributed by atoms with Crippen molar-refractivity contribution in [3.63, 3.8) is 0 Å². The van der Waals surface area contributed by atoms with Crippen molar-refractivity contribution >= 4 is 7.82 Å². The minimum atomic E-state index is -4.64. The van der Waals surface area contributed by atoms with Crippen LogP contribution in [0.2, 0.25) is 0 Å². The Morgan fingerprint density at radius 3 is 2.38 bits per heavy atom. The van der Waals surface area contributed by atoms with Crippen molar-refractivity contribution in [3.05, 3.63) is 44.8 Å². The molecule has 2 rings (SSSR count). The Bertz CT molecular complexity index is 664. The van der Waals surface area contributed by atoms with Crippen LogP contribution in [-0.4, -0.2) is 42.0 Å². The highest BCUT2D eigenvalue weighted by atomic mass is 31.2. The molecule has 10 nitrogen and oxygen atoms in total. The molecule has 1 aliphatic heterocycles. The molecule has 0 aromatic carbocycles. The zero-order chi connectivity index (χ0) is 16.2. The fraction of sp³-hybridized carbons (Fsp3) is 0.400. The van der Waals surface area contributed by atoms with Gasteiger partial charge >= 0.3 is 13.5 Å². The Hall–Kier alpha value is -1.55. The van der Waals surface area contributed by atoms with Crippen LogP contribution in [0, 0.1) is 6.92 Å². The maximum absolute atomic E-state index is 11.5. The van der Waals surface area contributed by atoms with Gasteiger partial charge < -0.3 is 24.5 Å². The van der Waals surface area contributed by atoms with Gasteiger partial charge in [-0.25, -0.2) is 9.36 Å². The van der Waals surface area contributed by atoms with Gasteiger partial charge in [0.2, 0.25) is 0 Å². The summed E-state index contributed by atoms with van der Waals surface area (Å²) in [5, 5.41) is 8.88. The number of phosphoric acid groups is 1. The predicted molar refractivity (Wildman–Crippen MR) is 70.5 cm³/mol. The Labute approximate surface area is 118 Å². The lowest BCUT2D eigenvalue weighted by molar-refractivity contribution is -0.0104. The van der Waals surface area contributed by atoms with Gasteiger partial charge in [-0.05, 0) is 13.0 Å². The molecule has 0 fully saturated rings. The number of aryl methyl sites for hydroxylation is 1. The van der Waals surface area contributed by atoms with Crippen LogP contribution in [0.3, 0.4) is 0 Å². The van der Waals surface area contributed by atoms with Crippen LogP contribution in [0.15, 0.2) is 27.9 Å². The summed E-state index contributed by atoms with van der Waals surface area (Å²) >= 11 is 0. The minimum Gasteiger partial charge on any atom is -0.393 e. The number of hydrogen-bond donors (Lipinski definition) is 5. The lowest BCUT2D eigenvalue weighted by atomic mass is 10.3. The molecule has 21 heavy (non-hydrogen) atoms. The summed E-state index contributed by atoms with van der Waals surface area (Å²) in [5.74, 6) is 0. The molecule has 0 saturated carbocycles. The van der Waals surface area contributed by atoms with E-state index in [0.29, 0.717) is 5.56 Å². The van der Waals surface area contributed by atoms with Gasteiger partial charge in [-0.3, -0.25) is 14.3 Å². The van der Waals surface area contributed by atoms with Crippen molar-refractivity contribution in [2.45, 2.75) is 19.3 Å². The molecular weight excluding hydrogens is 307 g/mol. The van der Waals surface area contributed by atoms with Crippen molar-refractivity contribution < 1.29 is 29.1 Å². The molecule has 0 aliphatic carbocycles. The monoisotopic (exact) mass is 322 g/mol. The maximum Gasteiger partial charge on any atom is 0.466 e. The molecule has 118 valence electrons. The smallest absolute Gasteiger partial charge is 0.393 e. The number of H-pyrrole nitrogens is 1. The zero-order valence-electron chi connectivity index (χ0n) is 10.9. The van der Waals surface area contributed by atoms with Gasteiger partial charge in [0.05, 0.1) is 6.61 Å². The summed E-state index contributed by atoms with van der Waals surface area (Å²) < 4.78 is 15.5. The number of ether oxygens (including phenoxy) is 1. The van der Waals surface area contributed by atoms with E-state index in [1.807, 2.05) is 0 Å². The number of nitrogens with zero attached hydrogens (tertiary/aromatic N) is 1. The summed E-state index contributed by atoms with van der Waals surface area (Å²) in [6, 6.07) is 0. The molecule has 1 aliphatic rings. The fourth-order valence-electron chi connectivity index (χ4n) is 1.53. The van der Waals surface area contributed by atoms with Crippen LogP contribution < -0.4 is 11.2 Å². The Morgan fingerprint density at radius 2 is 1.90 bits per heavy atom. The number of nitrogens with one attached hydrogen (secondary N) is 1. The quantitative estimate of drug-likeness (QED) is 0.320. The number of aromatic nitrogens is 2. The third-order valence-corrected chi connectivity index (χ3v) is 2.40. The second kappa shape index (κ2) is 6.94. The van der Waals surface area contributed by atoms with Gasteiger partial charge in [-0.15, -0.1) is 0 Å². The number of aliphatic hydroxyl groups is 1. The lowest BCUT2D eigenvalue weighted by Crippen LogP contribution is -2.33. The summed E-state index contributed by atoms with van der Waals surface area (Å²) in [6.07, 6.45) is 3.82. The second-order valence-corrected chi connectivity index (χ2v) is 5.15. The van der Waals surface area contributed by atoms with E-state index in [4.69, 9.17) is 29.1 Å². The van der Waals surface area contributed by atoms with Crippen LogP contribution >= 0.6 is 7.82 Å². The van der Waals surface area contributed by atoms with Gasteiger partial charge in [0.1, 0.15) is 6.10 Å². The van der Waals surface area contributed by atoms with Gasteiger partial charge in [0, 0.05) is 11.8 Å². The minimum absolute atomic E-state index is 0.135. The van der Waals surface area contributed by atoms with Crippen LogP contribution in [0.25, 0.3) is 0 Å². The average Bonchev–Trinajstić information content (AvgIpc) is 2.80. The first-order valence-corrected chi connectivity index (χ1v) is 7.23. The number of aromatic amines is 1. The van der Waals surface area contributed by atoms with Crippen molar-refractivity contribution in [3.8, 4) is 0 Å². The molecule has 0 saturated heterocycles.